The lowest BCUT2D eigenvalue weighted by atomic mass is 10.1. The van der Waals surface area contributed by atoms with Gasteiger partial charge in [-0.2, -0.15) is 0 Å². The third-order valence-electron chi connectivity index (χ3n) is 3.33. The molecule has 0 saturated heterocycles. The molecule has 3 N–H and O–H groups in total. The lowest BCUT2D eigenvalue weighted by molar-refractivity contribution is 0.466. The van der Waals surface area contributed by atoms with E-state index < -0.39 is 0 Å². The SMILES string of the molecule is CC1CCC(NCC2(N)CC2)C1. The zero-order valence-corrected chi connectivity index (χ0v) is 7.97. The van der Waals surface area contributed by atoms with E-state index >= 15 is 0 Å². The van der Waals surface area contributed by atoms with Crippen LogP contribution in [0.3, 0.4) is 0 Å². The van der Waals surface area contributed by atoms with Gasteiger partial charge in [-0.05, 0) is 38.0 Å². The molecular formula is C10H20N2. The van der Waals surface area contributed by atoms with Crippen LogP contribution < -0.4 is 11.1 Å². The molecule has 70 valence electrons. The highest BCUT2D eigenvalue weighted by atomic mass is 15.0. The molecule has 2 rings (SSSR count). The predicted molar refractivity (Wildman–Crippen MR) is 51.0 cm³/mol. The van der Waals surface area contributed by atoms with Gasteiger partial charge in [0, 0.05) is 18.1 Å². The first-order valence-electron chi connectivity index (χ1n) is 5.20. The van der Waals surface area contributed by atoms with Gasteiger partial charge in [0.1, 0.15) is 0 Å². The third-order valence-corrected chi connectivity index (χ3v) is 3.33. The molecule has 2 fully saturated rings. The number of nitrogens with two attached hydrogens (primary N) is 1. The van der Waals surface area contributed by atoms with E-state index in [2.05, 4.69) is 12.2 Å². The smallest absolute Gasteiger partial charge is 0.0282 e. The summed E-state index contributed by atoms with van der Waals surface area (Å²) in [4.78, 5) is 0. The first kappa shape index (κ1) is 8.52. The quantitative estimate of drug-likeness (QED) is 0.665. The summed E-state index contributed by atoms with van der Waals surface area (Å²) in [5.74, 6) is 0.926. The van der Waals surface area contributed by atoms with E-state index in [1.54, 1.807) is 0 Å². The molecule has 0 aromatic heterocycles. The summed E-state index contributed by atoms with van der Waals surface area (Å²) in [5.41, 5.74) is 6.18. The second-order valence-electron chi connectivity index (χ2n) is 4.86. The summed E-state index contributed by atoms with van der Waals surface area (Å²) < 4.78 is 0. The Labute approximate surface area is 74.9 Å². The number of nitrogens with one attached hydrogen (secondary N) is 1. The van der Waals surface area contributed by atoms with Crippen molar-refractivity contribution in [2.75, 3.05) is 6.54 Å². The zero-order chi connectivity index (χ0) is 8.60. The molecule has 2 nitrogen and oxygen atoms in total. The fourth-order valence-corrected chi connectivity index (χ4v) is 2.08. The largest absolute Gasteiger partial charge is 0.324 e. The van der Waals surface area contributed by atoms with Crippen molar-refractivity contribution in [1.82, 2.24) is 5.32 Å². The van der Waals surface area contributed by atoms with Gasteiger partial charge in [0.2, 0.25) is 0 Å². The molecular weight excluding hydrogens is 148 g/mol. The number of hydrogen-bond acceptors (Lipinski definition) is 2. The zero-order valence-electron chi connectivity index (χ0n) is 7.97. The van der Waals surface area contributed by atoms with Gasteiger partial charge in [0.05, 0.1) is 0 Å². The molecule has 0 aliphatic heterocycles. The molecule has 2 aliphatic rings. The molecule has 0 aromatic carbocycles. The van der Waals surface area contributed by atoms with Crippen LogP contribution in [0.4, 0.5) is 0 Å². The summed E-state index contributed by atoms with van der Waals surface area (Å²) >= 11 is 0. The molecule has 12 heavy (non-hydrogen) atoms. The summed E-state index contributed by atoms with van der Waals surface area (Å²) in [5, 5.41) is 3.59. The molecule has 2 aliphatic carbocycles. The van der Waals surface area contributed by atoms with Crippen LogP contribution in [0.2, 0.25) is 0 Å². The first-order valence-corrected chi connectivity index (χ1v) is 5.20. The Morgan fingerprint density at radius 3 is 2.67 bits per heavy atom. The maximum absolute atomic E-state index is 6.00. The summed E-state index contributed by atoms with van der Waals surface area (Å²) in [7, 11) is 0. The van der Waals surface area contributed by atoms with Crippen molar-refractivity contribution in [2.45, 2.75) is 50.6 Å². The van der Waals surface area contributed by atoms with Crippen molar-refractivity contribution in [3.63, 3.8) is 0 Å². The van der Waals surface area contributed by atoms with E-state index in [1.165, 1.54) is 32.1 Å². The normalized spacial score (nSPS) is 38.5. The lowest BCUT2D eigenvalue weighted by Crippen LogP contribution is -2.40. The van der Waals surface area contributed by atoms with Gasteiger partial charge in [-0.25, -0.2) is 0 Å². The summed E-state index contributed by atoms with van der Waals surface area (Å²) in [6, 6.07) is 0.765. The Bertz CT molecular complexity index is 163. The number of rotatable bonds is 3. The molecule has 2 unspecified atom stereocenters. The molecule has 0 bridgehead atoms. The number of hydrogen-bond donors (Lipinski definition) is 2. The molecule has 0 heterocycles. The molecule has 0 spiro atoms. The second-order valence-corrected chi connectivity index (χ2v) is 4.86. The Balaban J connectivity index is 1.67. The van der Waals surface area contributed by atoms with E-state index in [0.29, 0.717) is 0 Å². The maximum atomic E-state index is 6.00. The highest BCUT2D eigenvalue weighted by molar-refractivity contribution is 5.01. The second kappa shape index (κ2) is 3.00. The molecule has 2 atom stereocenters. The minimum absolute atomic E-state index is 0.186. The molecule has 2 heteroatoms. The van der Waals surface area contributed by atoms with E-state index in [1.807, 2.05) is 0 Å². The molecule has 0 radical (unpaired) electrons. The first-order chi connectivity index (χ1) is 5.68. The Kier molecular flexibility index (Phi) is 2.13. The van der Waals surface area contributed by atoms with Crippen LogP contribution in [0.15, 0.2) is 0 Å². The van der Waals surface area contributed by atoms with E-state index in [9.17, 15) is 0 Å². The Morgan fingerprint density at radius 2 is 2.17 bits per heavy atom. The van der Waals surface area contributed by atoms with E-state index in [0.717, 1.165) is 18.5 Å². The highest BCUT2D eigenvalue weighted by Gasteiger charge is 2.38. The van der Waals surface area contributed by atoms with E-state index in [4.69, 9.17) is 5.73 Å². The van der Waals surface area contributed by atoms with Crippen LogP contribution in [0.5, 0.6) is 0 Å². The van der Waals surface area contributed by atoms with Crippen LogP contribution >= 0.6 is 0 Å². The average Bonchev–Trinajstić information content (AvgIpc) is 2.60. The predicted octanol–water partition coefficient (Wildman–Crippen LogP) is 1.26. The van der Waals surface area contributed by atoms with Crippen LogP contribution in [-0.2, 0) is 0 Å². The van der Waals surface area contributed by atoms with Crippen molar-refractivity contribution >= 4 is 0 Å². The molecule has 0 amide bonds. The van der Waals surface area contributed by atoms with Gasteiger partial charge < -0.3 is 11.1 Å². The summed E-state index contributed by atoms with van der Waals surface area (Å²) in [6.45, 7) is 3.39. The Morgan fingerprint density at radius 1 is 1.42 bits per heavy atom. The minimum Gasteiger partial charge on any atom is -0.324 e. The van der Waals surface area contributed by atoms with Crippen LogP contribution in [0.1, 0.15) is 39.0 Å². The fraction of sp³-hybridized carbons (Fsp3) is 1.00. The Hall–Kier alpha value is -0.0800. The lowest BCUT2D eigenvalue weighted by Gasteiger charge is -2.15. The van der Waals surface area contributed by atoms with Gasteiger partial charge in [-0.15, -0.1) is 0 Å². The summed E-state index contributed by atoms with van der Waals surface area (Å²) in [6.07, 6.45) is 6.56. The minimum atomic E-state index is 0.186. The van der Waals surface area contributed by atoms with Crippen molar-refractivity contribution in [3.8, 4) is 0 Å². The fourth-order valence-electron chi connectivity index (χ4n) is 2.08. The van der Waals surface area contributed by atoms with Gasteiger partial charge in [0.25, 0.3) is 0 Å². The topological polar surface area (TPSA) is 38.0 Å². The monoisotopic (exact) mass is 168 g/mol. The standard InChI is InChI=1S/C10H20N2/c1-8-2-3-9(6-8)12-7-10(11)4-5-10/h8-9,12H,2-7,11H2,1H3. The highest BCUT2D eigenvalue weighted by Crippen LogP contribution is 2.32. The molecule has 2 saturated carbocycles. The van der Waals surface area contributed by atoms with Gasteiger partial charge in [-0.3, -0.25) is 0 Å². The van der Waals surface area contributed by atoms with Crippen LogP contribution in [0.25, 0.3) is 0 Å². The maximum Gasteiger partial charge on any atom is 0.0282 e. The van der Waals surface area contributed by atoms with Gasteiger partial charge >= 0.3 is 0 Å². The van der Waals surface area contributed by atoms with Gasteiger partial charge in [0.15, 0.2) is 0 Å². The van der Waals surface area contributed by atoms with Crippen molar-refractivity contribution in [2.24, 2.45) is 11.7 Å². The van der Waals surface area contributed by atoms with Gasteiger partial charge in [-0.1, -0.05) is 6.92 Å². The third kappa shape index (κ3) is 1.99. The van der Waals surface area contributed by atoms with E-state index in [-0.39, 0.29) is 5.54 Å². The van der Waals surface area contributed by atoms with Crippen molar-refractivity contribution in [3.05, 3.63) is 0 Å². The van der Waals surface area contributed by atoms with Crippen LogP contribution in [-0.4, -0.2) is 18.1 Å². The average molecular weight is 168 g/mol. The molecule has 0 aromatic rings. The van der Waals surface area contributed by atoms with Crippen LogP contribution in [0, 0.1) is 5.92 Å². The van der Waals surface area contributed by atoms with Crippen molar-refractivity contribution < 1.29 is 0 Å². The van der Waals surface area contributed by atoms with Crippen molar-refractivity contribution in [1.29, 1.82) is 0 Å².